The smallest absolute Gasteiger partial charge is 0.325 e. The van der Waals surface area contributed by atoms with Crippen LogP contribution in [0.25, 0.3) is 10.2 Å². The quantitative estimate of drug-likeness (QED) is 0.214. The molecule has 4 aromatic rings. The SMILES string of the molecule is COC(=O)Cn1c(=NC(=O)c2ccc(NS(=O)(=O)c3ccc(C)cc3)cc2)sc2cc([N+](=O)[O-])ccc21. The summed E-state index contributed by atoms with van der Waals surface area (Å²) in [7, 11) is -2.59. The molecule has 0 saturated heterocycles. The molecule has 0 aliphatic carbocycles. The van der Waals surface area contributed by atoms with Gasteiger partial charge in [-0.2, -0.15) is 4.99 Å². The van der Waals surface area contributed by atoms with Gasteiger partial charge < -0.3 is 9.30 Å². The third-order valence-electron chi connectivity index (χ3n) is 5.30. The Morgan fingerprint density at radius 1 is 1.08 bits per heavy atom. The topological polar surface area (TPSA) is 150 Å². The minimum Gasteiger partial charge on any atom is -0.468 e. The summed E-state index contributed by atoms with van der Waals surface area (Å²) in [6, 6.07) is 16.2. The molecule has 13 heteroatoms. The summed E-state index contributed by atoms with van der Waals surface area (Å²) < 4.78 is 34.3. The van der Waals surface area contributed by atoms with Crippen molar-refractivity contribution in [2.45, 2.75) is 18.4 Å². The van der Waals surface area contributed by atoms with Crippen molar-refractivity contribution in [3.05, 3.63) is 92.8 Å². The molecule has 0 spiro atoms. The number of nitrogens with zero attached hydrogens (tertiary/aromatic N) is 3. The molecule has 0 radical (unpaired) electrons. The molecule has 0 atom stereocenters. The number of carbonyl (C=O) groups is 2. The number of non-ortho nitro benzene ring substituents is 1. The summed E-state index contributed by atoms with van der Waals surface area (Å²) in [4.78, 5) is 39.8. The number of nitro benzene ring substituents is 1. The molecule has 37 heavy (non-hydrogen) atoms. The highest BCUT2D eigenvalue weighted by Crippen LogP contribution is 2.24. The first-order valence-electron chi connectivity index (χ1n) is 10.7. The molecule has 0 fully saturated rings. The number of methoxy groups -OCH3 is 1. The fraction of sp³-hybridized carbons (Fsp3) is 0.125. The number of hydrogen-bond acceptors (Lipinski definition) is 8. The molecule has 0 unspecified atom stereocenters. The number of fused-ring (bicyclic) bond motifs is 1. The van der Waals surface area contributed by atoms with Gasteiger partial charge in [0.15, 0.2) is 4.80 Å². The van der Waals surface area contributed by atoms with Gasteiger partial charge in [-0.25, -0.2) is 8.42 Å². The molecule has 0 aliphatic rings. The lowest BCUT2D eigenvalue weighted by Gasteiger charge is -2.08. The average Bonchev–Trinajstić information content (AvgIpc) is 3.20. The van der Waals surface area contributed by atoms with E-state index in [1.54, 1.807) is 12.1 Å². The van der Waals surface area contributed by atoms with Gasteiger partial charge in [-0.3, -0.25) is 24.4 Å². The number of esters is 1. The van der Waals surface area contributed by atoms with E-state index in [0.29, 0.717) is 10.2 Å². The summed E-state index contributed by atoms with van der Waals surface area (Å²) in [5, 5.41) is 11.1. The zero-order valence-corrected chi connectivity index (χ0v) is 21.2. The van der Waals surface area contributed by atoms with E-state index in [2.05, 4.69) is 9.71 Å². The van der Waals surface area contributed by atoms with Gasteiger partial charge in [0.25, 0.3) is 21.6 Å². The number of nitrogens with one attached hydrogen (secondary N) is 1. The van der Waals surface area contributed by atoms with Gasteiger partial charge >= 0.3 is 5.97 Å². The second kappa shape index (κ2) is 10.3. The van der Waals surface area contributed by atoms with E-state index in [1.165, 1.54) is 66.3 Å². The Morgan fingerprint density at radius 3 is 2.38 bits per heavy atom. The van der Waals surface area contributed by atoms with Crippen molar-refractivity contribution in [3.63, 3.8) is 0 Å². The summed E-state index contributed by atoms with van der Waals surface area (Å²) in [5.74, 6) is -1.23. The van der Waals surface area contributed by atoms with Crippen LogP contribution in [-0.2, 0) is 26.1 Å². The van der Waals surface area contributed by atoms with Crippen LogP contribution in [0.3, 0.4) is 0 Å². The highest BCUT2D eigenvalue weighted by atomic mass is 32.2. The lowest BCUT2D eigenvalue weighted by molar-refractivity contribution is -0.384. The Morgan fingerprint density at radius 2 is 1.76 bits per heavy atom. The summed E-state index contributed by atoms with van der Waals surface area (Å²) >= 11 is 1.01. The molecule has 11 nitrogen and oxygen atoms in total. The van der Waals surface area contributed by atoms with E-state index in [1.807, 2.05) is 6.92 Å². The number of nitro groups is 1. The standard InChI is InChI=1S/C24H20N4O7S2/c1-15-3-10-19(11-4-15)37(33,34)26-17-7-5-16(6-8-17)23(30)25-24-27(14-22(29)35-2)20-12-9-18(28(31)32)13-21(20)36-24/h3-13,26H,14H2,1-2H3. The first-order valence-corrected chi connectivity index (χ1v) is 13.0. The number of anilines is 1. The van der Waals surface area contributed by atoms with Crippen molar-refractivity contribution in [2.24, 2.45) is 4.99 Å². The minimum atomic E-state index is -3.81. The van der Waals surface area contributed by atoms with Crippen LogP contribution in [0, 0.1) is 17.0 Å². The van der Waals surface area contributed by atoms with E-state index >= 15 is 0 Å². The zero-order chi connectivity index (χ0) is 26.7. The maximum absolute atomic E-state index is 12.9. The van der Waals surface area contributed by atoms with E-state index in [0.717, 1.165) is 16.9 Å². The minimum absolute atomic E-state index is 0.105. The predicted octanol–water partition coefficient (Wildman–Crippen LogP) is 3.63. The predicted molar refractivity (Wildman–Crippen MR) is 137 cm³/mol. The molecule has 3 aromatic carbocycles. The molecule has 0 saturated carbocycles. The van der Waals surface area contributed by atoms with Crippen molar-refractivity contribution in [2.75, 3.05) is 11.8 Å². The van der Waals surface area contributed by atoms with Crippen LogP contribution < -0.4 is 9.52 Å². The van der Waals surface area contributed by atoms with Crippen LogP contribution in [-0.4, -0.2) is 36.9 Å². The molecule has 190 valence electrons. The van der Waals surface area contributed by atoms with Crippen LogP contribution in [0.4, 0.5) is 11.4 Å². The van der Waals surface area contributed by atoms with Gasteiger partial charge in [0.05, 0.1) is 27.1 Å². The highest BCUT2D eigenvalue weighted by molar-refractivity contribution is 7.92. The normalized spacial score (nSPS) is 11.9. The molecule has 0 bridgehead atoms. The number of carbonyl (C=O) groups excluding carboxylic acids is 2. The Kier molecular flexibility index (Phi) is 7.18. The molecule has 1 heterocycles. The monoisotopic (exact) mass is 540 g/mol. The third-order valence-corrected chi connectivity index (χ3v) is 7.74. The van der Waals surface area contributed by atoms with Crippen LogP contribution in [0.1, 0.15) is 15.9 Å². The molecule has 1 aromatic heterocycles. The van der Waals surface area contributed by atoms with Gasteiger partial charge in [-0.1, -0.05) is 29.0 Å². The number of amides is 1. The van der Waals surface area contributed by atoms with Crippen LogP contribution in [0.5, 0.6) is 0 Å². The molecule has 1 N–H and O–H groups in total. The first-order chi connectivity index (χ1) is 17.6. The van der Waals surface area contributed by atoms with E-state index in [9.17, 15) is 28.1 Å². The first kappa shape index (κ1) is 25.7. The van der Waals surface area contributed by atoms with E-state index in [4.69, 9.17) is 4.74 Å². The van der Waals surface area contributed by atoms with Gasteiger partial charge in [0.2, 0.25) is 0 Å². The maximum Gasteiger partial charge on any atom is 0.325 e. The number of ether oxygens (including phenoxy) is 1. The van der Waals surface area contributed by atoms with Gasteiger partial charge in [0.1, 0.15) is 6.54 Å². The molecule has 1 amide bonds. The van der Waals surface area contributed by atoms with Crippen molar-refractivity contribution < 1.29 is 27.7 Å². The highest BCUT2D eigenvalue weighted by Gasteiger charge is 2.17. The lowest BCUT2D eigenvalue weighted by Crippen LogP contribution is -2.22. The fourth-order valence-electron chi connectivity index (χ4n) is 3.37. The van der Waals surface area contributed by atoms with E-state index < -0.39 is 26.8 Å². The lowest BCUT2D eigenvalue weighted by atomic mass is 10.2. The summed E-state index contributed by atoms with van der Waals surface area (Å²) in [6.45, 7) is 1.60. The average molecular weight is 541 g/mol. The Bertz CT molecular complexity index is 1690. The van der Waals surface area contributed by atoms with Crippen LogP contribution in [0.2, 0.25) is 0 Å². The number of rotatable bonds is 7. The Labute approximate surface area is 214 Å². The number of hydrogen-bond donors (Lipinski definition) is 1. The second-order valence-corrected chi connectivity index (χ2v) is 10.6. The summed E-state index contributed by atoms with van der Waals surface area (Å²) in [5.41, 5.74) is 1.70. The summed E-state index contributed by atoms with van der Waals surface area (Å²) in [6.07, 6.45) is 0. The van der Waals surface area contributed by atoms with Crippen molar-refractivity contribution in [3.8, 4) is 0 Å². The number of thiazole rings is 1. The Hall–Kier alpha value is -4.36. The van der Waals surface area contributed by atoms with Crippen molar-refractivity contribution in [1.82, 2.24) is 4.57 Å². The number of sulfonamides is 1. The number of aryl methyl sites for hydroxylation is 1. The fourth-order valence-corrected chi connectivity index (χ4v) is 5.49. The largest absolute Gasteiger partial charge is 0.468 e. The third kappa shape index (κ3) is 5.73. The van der Waals surface area contributed by atoms with Gasteiger partial charge in [0, 0.05) is 23.4 Å². The Balaban J connectivity index is 1.64. The molecule has 4 rings (SSSR count). The number of benzene rings is 3. The maximum atomic E-state index is 12.9. The van der Waals surface area contributed by atoms with E-state index in [-0.39, 0.29) is 33.2 Å². The molecular formula is C24H20N4O7S2. The zero-order valence-electron chi connectivity index (χ0n) is 19.6. The van der Waals surface area contributed by atoms with Gasteiger partial charge in [-0.15, -0.1) is 0 Å². The second-order valence-electron chi connectivity index (χ2n) is 7.87. The molecular weight excluding hydrogens is 520 g/mol. The van der Waals surface area contributed by atoms with Crippen molar-refractivity contribution >= 4 is 54.8 Å². The molecule has 0 aliphatic heterocycles. The number of aromatic nitrogens is 1. The van der Waals surface area contributed by atoms with Crippen LogP contribution in [0.15, 0.2) is 76.6 Å². The van der Waals surface area contributed by atoms with Crippen LogP contribution >= 0.6 is 11.3 Å². The van der Waals surface area contributed by atoms with Gasteiger partial charge in [-0.05, 0) is 49.4 Å². The van der Waals surface area contributed by atoms with Crippen molar-refractivity contribution in [1.29, 1.82) is 0 Å².